The van der Waals surface area contributed by atoms with E-state index in [1.165, 1.54) is 11.3 Å². The van der Waals surface area contributed by atoms with Crippen LogP contribution in [0.15, 0.2) is 82.8 Å². The second-order valence-corrected chi connectivity index (χ2v) is 11.7. The lowest BCUT2D eigenvalue weighted by Gasteiger charge is -2.35. The van der Waals surface area contributed by atoms with Crippen LogP contribution >= 0.6 is 11.3 Å². The van der Waals surface area contributed by atoms with E-state index in [0.717, 1.165) is 22.5 Å². The first-order chi connectivity index (χ1) is 17.0. The quantitative estimate of drug-likeness (QED) is 0.411. The van der Waals surface area contributed by atoms with Crippen molar-refractivity contribution in [1.29, 1.82) is 5.26 Å². The number of thiophene rings is 1. The maximum absolute atomic E-state index is 14.0. The minimum Gasteiger partial charge on any atom is -0.364 e. The molecule has 1 aliphatic rings. The Morgan fingerprint density at radius 1 is 1.20 bits per heavy atom. The Bertz CT molecular complexity index is 1430. The lowest BCUT2D eigenvalue weighted by Crippen LogP contribution is -2.47. The Balaban J connectivity index is 1.65. The van der Waals surface area contributed by atoms with Crippen molar-refractivity contribution in [3.8, 4) is 6.07 Å². The van der Waals surface area contributed by atoms with E-state index < -0.39 is 10.0 Å². The second kappa shape index (κ2) is 9.66. The number of hydrogen-bond donors (Lipinski definition) is 1. The average Bonchev–Trinajstić information content (AvgIpc) is 3.58. The minimum absolute atomic E-state index is 0.0695. The first kappa shape index (κ1) is 23.3. The number of imidazole rings is 1. The number of sulfonamides is 1. The van der Waals surface area contributed by atoms with E-state index in [2.05, 4.69) is 27.9 Å². The van der Waals surface area contributed by atoms with Crippen LogP contribution in [0.1, 0.15) is 35.2 Å². The summed E-state index contributed by atoms with van der Waals surface area (Å²) in [5.74, 6) is -0.0695. The Hall–Kier alpha value is -3.45. The van der Waals surface area contributed by atoms with Gasteiger partial charge in [-0.25, -0.2) is 13.4 Å². The summed E-state index contributed by atoms with van der Waals surface area (Å²) in [6.45, 7) is 3.30. The molecule has 0 bridgehead atoms. The summed E-state index contributed by atoms with van der Waals surface area (Å²) >= 11 is 1.22. The molecule has 2 aromatic heterocycles. The Labute approximate surface area is 209 Å². The molecule has 35 heavy (non-hydrogen) atoms. The van der Waals surface area contributed by atoms with Crippen LogP contribution in [-0.2, 0) is 23.1 Å². The molecule has 5 rings (SSSR count). The normalized spacial score (nSPS) is 17.4. The third-order valence-electron chi connectivity index (χ3n) is 6.53. The Morgan fingerprint density at radius 2 is 2.03 bits per heavy atom. The van der Waals surface area contributed by atoms with Crippen molar-refractivity contribution in [3.63, 3.8) is 0 Å². The summed E-state index contributed by atoms with van der Waals surface area (Å²) in [4.78, 5) is 9.51. The van der Waals surface area contributed by atoms with Gasteiger partial charge < -0.3 is 9.88 Å². The lowest BCUT2D eigenvalue weighted by atomic mass is 9.93. The van der Waals surface area contributed by atoms with Gasteiger partial charge in [-0.1, -0.05) is 43.3 Å². The molecule has 3 heterocycles. The number of hydrogen-bond acceptors (Lipinski definition) is 6. The number of anilines is 1. The van der Waals surface area contributed by atoms with Gasteiger partial charge in [0.25, 0.3) is 10.0 Å². The van der Waals surface area contributed by atoms with Crippen molar-refractivity contribution >= 4 is 27.0 Å². The third kappa shape index (κ3) is 4.60. The topological polar surface area (TPSA) is 93.1 Å². The number of aromatic nitrogens is 2. The lowest BCUT2D eigenvalue weighted by molar-refractivity contribution is 0.288. The van der Waals surface area contributed by atoms with Gasteiger partial charge in [0.1, 0.15) is 4.21 Å². The summed E-state index contributed by atoms with van der Waals surface area (Å²) in [5.41, 5.74) is 4.25. The van der Waals surface area contributed by atoms with Crippen molar-refractivity contribution in [2.24, 2.45) is 0 Å². The number of fused-ring (bicyclic) bond motifs is 1. The molecule has 178 valence electrons. The fourth-order valence-electron chi connectivity index (χ4n) is 4.69. The first-order valence-corrected chi connectivity index (χ1v) is 13.6. The molecular formula is C26H25N5O2S2. The maximum Gasteiger partial charge on any atom is 0.253 e. The zero-order chi connectivity index (χ0) is 24.4. The molecule has 9 heteroatoms. The van der Waals surface area contributed by atoms with Crippen LogP contribution in [0.25, 0.3) is 0 Å². The zero-order valence-electron chi connectivity index (χ0n) is 19.2. The van der Waals surface area contributed by atoms with E-state index in [0.29, 0.717) is 22.9 Å². The summed E-state index contributed by atoms with van der Waals surface area (Å²) in [5, 5.41) is 11.3. The highest BCUT2D eigenvalue weighted by Crippen LogP contribution is 2.37. The van der Waals surface area contributed by atoms with Gasteiger partial charge >= 0.3 is 0 Å². The van der Waals surface area contributed by atoms with Crippen LogP contribution in [-0.4, -0.2) is 35.3 Å². The van der Waals surface area contributed by atoms with Crippen LogP contribution in [0.3, 0.4) is 0 Å². The van der Waals surface area contributed by atoms with Crippen LogP contribution in [0.5, 0.6) is 0 Å². The fraction of sp³-hybridized carbons (Fsp3) is 0.231. The highest BCUT2D eigenvalue weighted by molar-refractivity contribution is 7.91. The monoisotopic (exact) mass is 503 g/mol. The molecule has 0 saturated carbocycles. The van der Waals surface area contributed by atoms with E-state index >= 15 is 0 Å². The van der Waals surface area contributed by atoms with Gasteiger partial charge in [-0.05, 0) is 46.7 Å². The Kier molecular flexibility index (Phi) is 6.43. The van der Waals surface area contributed by atoms with Gasteiger partial charge in [0.2, 0.25) is 0 Å². The smallest absolute Gasteiger partial charge is 0.253 e. The van der Waals surface area contributed by atoms with E-state index in [-0.39, 0.29) is 18.5 Å². The number of nitrogens with one attached hydrogen (secondary N) is 1. The van der Waals surface area contributed by atoms with Crippen LogP contribution in [0.4, 0.5) is 5.69 Å². The third-order valence-corrected chi connectivity index (χ3v) is 9.77. The predicted molar refractivity (Wildman–Crippen MR) is 136 cm³/mol. The molecule has 0 aliphatic carbocycles. The van der Waals surface area contributed by atoms with Crippen LogP contribution < -0.4 is 4.90 Å². The standard InChI is InChI=1S/C26H25N5O2S2/c1-19(21-6-3-2-4-7-21)25-17-30(16-23-14-28-18-29-23)24-10-9-20(13-27)12-22(24)15-31(25)35(32,33)26-8-5-11-34-26/h2-12,14,18-19,25H,15-17H2,1H3,(H,28,29)/t19-,25-/m0/s1. The zero-order valence-corrected chi connectivity index (χ0v) is 20.8. The van der Waals surface area contributed by atoms with Crippen molar-refractivity contribution in [1.82, 2.24) is 14.3 Å². The molecule has 4 aromatic rings. The van der Waals surface area contributed by atoms with E-state index in [4.69, 9.17) is 0 Å². The van der Waals surface area contributed by atoms with Crippen molar-refractivity contribution in [3.05, 3.63) is 101 Å². The fourth-order valence-corrected chi connectivity index (χ4v) is 7.48. The van der Waals surface area contributed by atoms with Gasteiger partial charge in [-0.3, -0.25) is 0 Å². The molecule has 0 unspecified atom stereocenters. The highest BCUT2D eigenvalue weighted by atomic mass is 32.2. The molecule has 1 aliphatic heterocycles. The predicted octanol–water partition coefficient (Wildman–Crippen LogP) is 4.73. The van der Waals surface area contributed by atoms with Crippen LogP contribution in [0, 0.1) is 11.3 Å². The largest absolute Gasteiger partial charge is 0.364 e. The SMILES string of the molecule is C[C@@H](c1ccccc1)[C@@H]1CN(Cc2cnc[nH]2)c2ccc(C#N)cc2CN1S(=O)(=O)c1cccs1. The number of nitriles is 1. The summed E-state index contributed by atoms with van der Waals surface area (Å²) < 4.78 is 29.9. The van der Waals surface area contributed by atoms with Gasteiger partial charge in [0.15, 0.2) is 0 Å². The van der Waals surface area contributed by atoms with Gasteiger partial charge in [0, 0.05) is 31.0 Å². The van der Waals surface area contributed by atoms with Crippen molar-refractivity contribution < 1.29 is 8.42 Å². The molecule has 0 radical (unpaired) electrons. The number of benzene rings is 2. The number of H-pyrrole nitrogens is 1. The molecule has 0 fully saturated rings. The molecule has 2 aromatic carbocycles. The minimum atomic E-state index is -3.77. The van der Waals surface area contributed by atoms with Gasteiger partial charge in [-0.15, -0.1) is 11.3 Å². The molecular weight excluding hydrogens is 478 g/mol. The van der Waals surface area contributed by atoms with Gasteiger partial charge in [0.05, 0.1) is 30.2 Å². The maximum atomic E-state index is 14.0. The van der Waals surface area contributed by atoms with Crippen molar-refractivity contribution in [2.45, 2.75) is 36.2 Å². The van der Waals surface area contributed by atoms with Gasteiger partial charge in [-0.2, -0.15) is 9.57 Å². The molecule has 7 nitrogen and oxygen atoms in total. The van der Waals surface area contributed by atoms with E-state index in [1.54, 1.807) is 40.4 Å². The van der Waals surface area contributed by atoms with E-state index in [9.17, 15) is 13.7 Å². The number of aromatic amines is 1. The average molecular weight is 504 g/mol. The Morgan fingerprint density at radius 3 is 2.71 bits per heavy atom. The van der Waals surface area contributed by atoms with E-state index in [1.807, 2.05) is 42.5 Å². The molecule has 0 amide bonds. The molecule has 1 N–H and O–H groups in total. The molecule has 0 saturated heterocycles. The van der Waals surface area contributed by atoms with Crippen molar-refractivity contribution in [2.75, 3.05) is 11.4 Å². The number of rotatable bonds is 6. The summed E-state index contributed by atoms with van der Waals surface area (Å²) in [6, 6.07) is 20.8. The molecule has 0 spiro atoms. The number of nitrogens with zero attached hydrogens (tertiary/aromatic N) is 4. The van der Waals surface area contributed by atoms with Crippen LogP contribution in [0.2, 0.25) is 0 Å². The summed E-state index contributed by atoms with van der Waals surface area (Å²) in [7, 11) is -3.77. The second-order valence-electron chi connectivity index (χ2n) is 8.66. The first-order valence-electron chi connectivity index (χ1n) is 11.3. The molecule has 2 atom stereocenters. The summed E-state index contributed by atoms with van der Waals surface area (Å²) in [6.07, 6.45) is 3.43. The highest BCUT2D eigenvalue weighted by Gasteiger charge is 2.40.